The van der Waals surface area contributed by atoms with Crippen molar-refractivity contribution in [2.45, 2.75) is 302 Å². The maximum Gasteiger partial charge on any atom is 0.472 e. The normalized spacial score (nSPS) is 13.5. The van der Waals surface area contributed by atoms with Gasteiger partial charge < -0.3 is 18.9 Å². The molecule has 2 unspecified atom stereocenters. The van der Waals surface area contributed by atoms with E-state index in [0.717, 1.165) is 70.6 Å². The van der Waals surface area contributed by atoms with Crippen LogP contribution in [-0.4, -0.2) is 74.9 Å². The zero-order valence-corrected chi connectivity index (χ0v) is 49.1. The van der Waals surface area contributed by atoms with Crippen molar-refractivity contribution in [1.82, 2.24) is 0 Å². The van der Waals surface area contributed by atoms with Crippen molar-refractivity contribution in [2.24, 2.45) is 0 Å². The lowest BCUT2D eigenvalue weighted by Crippen LogP contribution is -2.37. The van der Waals surface area contributed by atoms with Gasteiger partial charge in [0.25, 0.3) is 0 Å². The Balaban J connectivity index is 4.06. The van der Waals surface area contributed by atoms with Gasteiger partial charge in [0.1, 0.15) is 19.8 Å². The molecule has 0 fully saturated rings. The summed E-state index contributed by atoms with van der Waals surface area (Å²) in [5.41, 5.74) is 0. The Morgan fingerprint density at radius 3 is 1.14 bits per heavy atom. The highest BCUT2D eigenvalue weighted by Crippen LogP contribution is 2.43. The minimum atomic E-state index is -4.39. The molecule has 0 spiro atoms. The third-order valence-electron chi connectivity index (χ3n) is 13.7. The third-order valence-corrected chi connectivity index (χ3v) is 14.7. The number of rotatable bonds is 57. The molecule has 0 amide bonds. The molecule has 0 aliphatic heterocycles. The molecule has 10 heteroatoms. The van der Waals surface area contributed by atoms with Crippen LogP contribution >= 0.6 is 7.82 Å². The van der Waals surface area contributed by atoms with E-state index in [4.69, 9.17) is 18.5 Å². The van der Waals surface area contributed by atoms with Crippen LogP contribution in [0.4, 0.5) is 0 Å². The molecular formula is C62H119NO8P+. The number of nitrogens with zero attached hydrogens (tertiary/aromatic N) is 1. The first-order chi connectivity index (χ1) is 35.0. The second kappa shape index (κ2) is 54.0. The fourth-order valence-corrected chi connectivity index (χ4v) is 9.65. The third kappa shape index (κ3) is 57.5. The maximum atomic E-state index is 12.8. The predicted octanol–water partition coefficient (Wildman–Crippen LogP) is 19.2. The number of esters is 2. The Hall–Kier alpha value is -1.77. The smallest absolute Gasteiger partial charge is 0.462 e. The fourth-order valence-electron chi connectivity index (χ4n) is 8.91. The molecule has 0 saturated heterocycles. The lowest BCUT2D eigenvalue weighted by Gasteiger charge is -2.24. The molecule has 0 aliphatic carbocycles. The summed E-state index contributed by atoms with van der Waals surface area (Å²) in [6.07, 6.45) is 66.6. The van der Waals surface area contributed by atoms with Gasteiger partial charge in [0.15, 0.2) is 6.10 Å². The molecular weight excluding hydrogens is 918 g/mol. The maximum absolute atomic E-state index is 12.8. The van der Waals surface area contributed by atoms with E-state index in [9.17, 15) is 19.0 Å². The van der Waals surface area contributed by atoms with Crippen LogP contribution in [0, 0.1) is 0 Å². The molecule has 424 valence electrons. The largest absolute Gasteiger partial charge is 0.472 e. The molecule has 0 aromatic carbocycles. The number of ether oxygens (including phenoxy) is 2. The van der Waals surface area contributed by atoms with Gasteiger partial charge in [-0.05, 0) is 51.4 Å². The summed E-state index contributed by atoms with van der Waals surface area (Å²) in [5.74, 6) is -0.798. The lowest BCUT2D eigenvalue weighted by molar-refractivity contribution is -0.870. The van der Waals surface area contributed by atoms with Gasteiger partial charge in [-0.25, -0.2) is 4.57 Å². The van der Waals surface area contributed by atoms with Gasteiger partial charge in [-0.3, -0.25) is 18.6 Å². The number of carbonyl (C=O) groups excluding carboxylic acids is 2. The van der Waals surface area contributed by atoms with Gasteiger partial charge in [-0.15, -0.1) is 0 Å². The molecule has 72 heavy (non-hydrogen) atoms. The molecule has 0 aromatic heterocycles. The first kappa shape index (κ1) is 70.2. The number of hydrogen-bond acceptors (Lipinski definition) is 7. The number of unbranched alkanes of at least 4 members (excludes halogenated alkanes) is 37. The Bertz CT molecular complexity index is 1310. The molecule has 0 saturated carbocycles. The van der Waals surface area contributed by atoms with E-state index < -0.39 is 26.5 Å². The second-order valence-electron chi connectivity index (χ2n) is 22.1. The van der Waals surface area contributed by atoms with Crippen LogP contribution in [0.1, 0.15) is 296 Å². The standard InChI is InChI=1S/C62H118NO8P/c1-6-8-10-12-14-16-18-20-22-24-26-27-28-29-30-31-32-33-34-35-37-38-40-42-44-46-48-50-52-54-61(64)68-58-60(59-70-72(66,67)69-57-56-63(3,4)5)71-62(65)55-53-51-49-47-45-43-41-39-36-25-23-21-19-17-15-13-11-9-7-2/h15,17,21,23,36,39,60H,6-14,16,18-20,22,24-35,37-38,40-59H2,1-5H3/p+1/b17-15-,23-21-,39-36-. The molecule has 1 N–H and O–H groups in total. The predicted molar refractivity (Wildman–Crippen MR) is 307 cm³/mol. The highest BCUT2D eigenvalue weighted by atomic mass is 31.2. The van der Waals surface area contributed by atoms with E-state index in [0.29, 0.717) is 23.9 Å². The van der Waals surface area contributed by atoms with Crippen molar-refractivity contribution in [2.75, 3.05) is 47.5 Å². The Morgan fingerprint density at radius 2 is 0.750 bits per heavy atom. The number of allylic oxidation sites excluding steroid dienone is 6. The summed E-state index contributed by atoms with van der Waals surface area (Å²) in [6.45, 7) is 4.44. The Labute approximate surface area is 446 Å². The number of carbonyl (C=O) groups is 2. The summed E-state index contributed by atoms with van der Waals surface area (Å²) < 4.78 is 34.6. The van der Waals surface area contributed by atoms with Crippen LogP contribution in [0.2, 0.25) is 0 Å². The van der Waals surface area contributed by atoms with E-state index in [1.807, 2.05) is 21.1 Å². The van der Waals surface area contributed by atoms with Crippen molar-refractivity contribution >= 4 is 19.8 Å². The number of hydrogen-bond donors (Lipinski definition) is 1. The first-order valence-electron chi connectivity index (χ1n) is 30.7. The molecule has 0 rings (SSSR count). The van der Waals surface area contributed by atoms with Gasteiger partial charge >= 0.3 is 19.8 Å². The number of quaternary nitrogens is 1. The van der Waals surface area contributed by atoms with Crippen LogP contribution < -0.4 is 0 Å². The number of phosphoric ester groups is 1. The van der Waals surface area contributed by atoms with Gasteiger partial charge in [0, 0.05) is 12.8 Å². The zero-order chi connectivity index (χ0) is 52.7. The average Bonchev–Trinajstić information content (AvgIpc) is 3.34. The highest BCUT2D eigenvalue weighted by Gasteiger charge is 2.27. The zero-order valence-electron chi connectivity index (χ0n) is 48.2. The molecule has 9 nitrogen and oxygen atoms in total. The van der Waals surface area contributed by atoms with Crippen molar-refractivity contribution in [3.05, 3.63) is 36.5 Å². The molecule has 0 bridgehead atoms. The molecule has 0 radical (unpaired) electrons. The SMILES string of the molecule is CCCCC/C=C\C/C=C\C/C=C\CCCCCCCCC(=O)OC(COC(=O)CCCCCCCCCCCCCCCCCCCCCCCCCCCCCCC)COP(=O)(O)OCC[N+](C)(C)C. The fraction of sp³-hybridized carbons (Fsp3) is 0.871. The summed E-state index contributed by atoms with van der Waals surface area (Å²) in [6, 6.07) is 0. The van der Waals surface area contributed by atoms with Crippen LogP contribution in [0.25, 0.3) is 0 Å². The molecule has 0 aromatic rings. The van der Waals surface area contributed by atoms with E-state index in [1.165, 1.54) is 193 Å². The van der Waals surface area contributed by atoms with Gasteiger partial charge in [-0.1, -0.05) is 269 Å². The topological polar surface area (TPSA) is 108 Å². The lowest BCUT2D eigenvalue weighted by atomic mass is 10.0. The van der Waals surface area contributed by atoms with E-state index >= 15 is 0 Å². The Kier molecular flexibility index (Phi) is 52.7. The average molecular weight is 1040 g/mol. The minimum Gasteiger partial charge on any atom is -0.462 e. The molecule has 2 atom stereocenters. The van der Waals surface area contributed by atoms with Crippen LogP contribution in [0.5, 0.6) is 0 Å². The van der Waals surface area contributed by atoms with Crippen molar-refractivity contribution < 1.29 is 42.1 Å². The monoisotopic (exact) mass is 1040 g/mol. The summed E-state index contributed by atoms with van der Waals surface area (Å²) in [4.78, 5) is 35.7. The van der Waals surface area contributed by atoms with Crippen LogP contribution in [0.3, 0.4) is 0 Å². The molecule has 0 heterocycles. The van der Waals surface area contributed by atoms with E-state index in [-0.39, 0.29) is 25.6 Å². The summed E-state index contributed by atoms with van der Waals surface area (Å²) >= 11 is 0. The van der Waals surface area contributed by atoms with Crippen LogP contribution in [0.15, 0.2) is 36.5 Å². The quantitative estimate of drug-likeness (QED) is 0.0211. The van der Waals surface area contributed by atoms with E-state index in [2.05, 4.69) is 50.3 Å². The Morgan fingerprint density at radius 1 is 0.431 bits per heavy atom. The number of likely N-dealkylation sites (N-methyl/N-ethyl adjacent to an activating group) is 1. The van der Waals surface area contributed by atoms with Crippen LogP contribution in [-0.2, 0) is 32.7 Å². The summed E-state index contributed by atoms with van der Waals surface area (Å²) in [5, 5.41) is 0. The summed E-state index contributed by atoms with van der Waals surface area (Å²) in [7, 11) is 1.48. The van der Waals surface area contributed by atoms with E-state index in [1.54, 1.807) is 0 Å². The molecule has 0 aliphatic rings. The minimum absolute atomic E-state index is 0.0300. The van der Waals surface area contributed by atoms with Crippen molar-refractivity contribution in [1.29, 1.82) is 0 Å². The van der Waals surface area contributed by atoms with Gasteiger partial charge in [0.2, 0.25) is 0 Å². The first-order valence-corrected chi connectivity index (χ1v) is 32.2. The van der Waals surface area contributed by atoms with Gasteiger partial charge in [0.05, 0.1) is 27.7 Å². The van der Waals surface area contributed by atoms with Gasteiger partial charge in [-0.2, -0.15) is 0 Å². The van der Waals surface area contributed by atoms with Crippen molar-refractivity contribution in [3.63, 3.8) is 0 Å². The second-order valence-corrected chi connectivity index (χ2v) is 23.6. The highest BCUT2D eigenvalue weighted by molar-refractivity contribution is 7.47. The van der Waals surface area contributed by atoms with Crippen molar-refractivity contribution in [3.8, 4) is 0 Å². The number of phosphoric acid groups is 1.